The fourth-order valence-electron chi connectivity index (χ4n) is 1.38. The largest absolute Gasteiger partial charge is 0.497 e. The standard InChI is InChI=1S/C13H14F2N2O3/c1-3-4-9(16)12(18)17-10-7-8(19-2)5-6-11(10)20-13(14)15/h1,5-7,9,13H,4,16H2,2H3,(H,17,18). The summed E-state index contributed by atoms with van der Waals surface area (Å²) in [4.78, 5) is 11.7. The van der Waals surface area contributed by atoms with Crippen LogP contribution < -0.4 is 20.5 Å². The van der Waals surface area contributed by atoms with Crippen molar-refractivity contribution in [2.75, 3.05) is 12.4 Å². The maximum Gasteiger partial charge on any atom is 0.387 e. The molecule has 0 aromatic heterocycles. The number of hydrogen-bond acceptors (Lipinski definition) is 4. The minimum Gasteiger partial charge on any atom is -0.497 e. The van der Waals surface area contributed by atoms with Gasteiger partial charge in [-0.3, -0.25) is 4.79 Å². The van der Waals surface area contributed by atoms with Crippen LogP contribution in [0.25, 0.3) is 0 Å². The molecular formula is C13H14F2N2O3. The van der Waals surface area contributed by atoms with Gasteiger partial charge < -0.3 is 20.5 Å². The molecule has 0 aliphatic rings. The van der Waals surface area contributed by atoms with Crippen LogP contribution in [0.1, 0.15) is 6.42 Å². The average molecular weight is 284 g/mol. The Labute approximate surface area is 115 Å². The molecule has 0 heterocycles. The van der Waals surface area contributed by atoms with Crippen molar-refractivity contribution in [2.45, 2.75) is 19.1 Å². The van der Waals surface area contributed by atoms with Crippen LogP contribution >= 0.6 is 0 Å². The lowest BCUT2D eigenvalue weighted by Gasteiger charge is -2.15. The van der Waals surface area contributed by atoms with Gasteiger partial charge in [-0.1, -0.05) is 0 Å². The Morgan fingerprint density at radius 1 is 1.55 bits per heavy atom. The number of benzene rings is 1. The third-order valence-electron chi connectivity index (χ3n) is 2.34. The summed E-state index contributed by atoms with van der Waals surface area (Å²) in [6.07, 6.45) is 5.08. The van der Waals surface area contributed by atoms with Crippen molar-refractivity contribution in [3.05, 3.63) is 18.2 Å². The Kier molecular flexibility index (Phi) is 5.74. The lowest BCUT2D eigenvalue weighted by atomic mass is 10.2. The Hall–Kier alpha value is -2.33. The minimum absolute atomic E-state index is 0.0286. The molecule has 20 heavy (non-hydrogen) atoms. The number of nitrogens with one attached hydrogen (secondary N) is 1. The number of rotatable bonds is 6. The zero-order valence-corrected chi connectivity index (χ0v) is 10.7. The van der Waals surface area contributed by atoms with E-state index in [1.54, 1.807) is 0 Å². The van der Waals surface area contributed by atoms with Gasteiger partial charge in [-0.15, -0.1) is 12.3 Å². The van der Waals surface area contributed by atoms with E-state index < -0.39 is 18.6 Å². The third-order valence-corrected chi connectivity index (χ3v) is 2.34. The van der Waals surface area contributed by atoms with E-state index in [-0.39, 0.29) is 17.9 Å². The fourth-order valence-corrected chi connectivity index (χ4v) is 1.38. The Morgan fingerprint density at radius 3 is 2.80 bits per heavy atom. The van der Waals surface area contributed by atoms with Gasteiger partial charge in [0, 0.05) is 12.5 Å². The van der Waals surface area contributed by atoms with Gasteiger partial charge in [0.25, 0.3) is 0 Å². The molecule has 1 unspecified atom stereocenters. The number of methoxy groups -OCH3 is 1. The SMILES string of the molecule is C#CCC(N)C(=O)Nc1cc(OC)ccc1OC(F)F. The van der Waals surface area contributed by atoms with Crippen LogP contribution in [0.3, 0.4) is 0 Å². The van der Waals surface area contributed by atoms with Crippen molar-refractivity contribution in [3.8, 4) is 23.8 Å². The number of terminal acetylenes is 1. The summed E-state index contributed by atoms with van der Waals surface area (Å²) < 4.78 is 33.8. The summed E-state index contributed by atoms with van der Waals surface area (Å²) in [6, 6.07) is 3.09. The number of nitrogens with two attached hydrogens (primary N) is 1. The highest BCUT2D eigenvalue weighted by Gasteiger charge is 2.17. The summed E-state index contributed by atoms with van der Waals surface area (Å²) in [7, 11) is 1.40. The van der Waals surface area contributed by atoms with Gasteiger partial charge in [-0.05, 0) is 12.1 Å². The molecule has 5 nitrogen and oxygen atoms in total. The van der Waals surface area contributed by atoms with Crippen LogP contribution in [0.4, 0.5) is 14.5 Å². The van der Waals surface area contributed by atoms with Gasteiger partial charge in [-0.2, -0.15) is 8.78 Å². The van der Waals surface area contributed by atoms with Gasteiger partial charge in [0.05, 0.1) is 18.8 Å². The number of amides is 1. The van der Waals surface area contributed by atoms with Gasteiger partial charge in [0.15, 0.2) is 0 Å². The molecule has 1 amide bonds. The second kappa shape index (κ2) is 7.31. The summed E-state index contributed by atoms with van der Waals surface area (Å²) in [5, 5.41) is 2.38. The van der Waals surface area contributed by atoms with E-state index in [2.05, 4.69) is 16.0 Å². The van der Waals surface area contributed by atoms with Crippen LogP contribution in [0.2, 0.25) is 0 Å². The Bertz CT molecular complexity index is 515. The molecule has 0 fully saturated rings. The van der Waals surface area contributed by atoms with Gasteiger partial charge in [-0.25, -0.2) is 0 Å². The maximum atomic E-state index is 12.3. The predicted octanol–water partition coefficient (Wildman–Crippen LogP) is 1.59. The quantitative estimate of drug-likeness (QED) is 0.778. The second-order valence-corrected chi connectivity index (χ2v) is 3.74. The highest BCUT2D eigenvalue weighted by molar-refractivity contribution is 5.96. The monoisotopic (exact) mass is 284 g/mol. The highest BCUT2D eigenvalue weighted by Crippen LogP contribution is 2.30. The molecule has 1 aromatic carbocycles. The number of carbonyl (C=O) groups excluding carboxylic acids is 1. The summed E-state index contributed by atoms with van der Waals surface area (Å²) in [6.45, 7) is -3.02. The topological polar surface area (TPSA) is 73.6 Å². The van der Waals surface area contributed by atoms with E-state index in [9.17, 15) is 13.6 Å². The van der Waals surface area contributed by atoms with Gasteiger partial charge in [0.2, 0.25) is 5.91 Å². The van der Waals surface area contributed by atoms with Gasteiger partial charge >= 0.3 is 6.61 Å². The molecule has 0 aliphatic carbocycles. The molecule has 7 heteroatoms. The fraction of sp³-hybridized carbons (Fsp3) is 0.308. The molecule has 0 radical (unpaired) electrons. The van der Waals surface area contributed by atoms with Crippen LogP contribution in [0, 0.1) is 12.3 Å². The van der Waals surface area contributed by atoms with Crippen molar-refractivity contribution in [1.29, 1.82) is 0 Å². The zero-order valence-electron chi connectivity index (χ0n) is 10.7. The number of alkyl halides is 2. The zero-order chi connectivity index (χ0) is 15.1. The Morgan fingerprint density at radius 2 is 2.25 bits per heavy atom. The van der Waals surface area contributed by atoms with Crippen LogP contribution in [-0.2, 0) is 4.79 Å². The van der Waals surface area contributed by atoms with E-state index >= 15 is 0 Å². The highest BCUT2D eigenvalue weighted by atomic mass is 19.3. The van der Waals surface area contributed by atoms with E-state index in [4.69, 9.17) is 16.9 Å². The minimum atomic E-state index is -3.02. The van der Waals surface area contributed by atoms with Crippen molar-refractivity contribution in [1.82, 2.24) is 0 Å². The molecule has 1 aromatic rings. The molecule has 0 saturated carbocycles. The van der Waals surface area contributed by atoms with E-state index in [1.807, 2.05) is 0 Å². The predicted molar refractivity (Wildman–Crippen MR) is 69.7 cm³/mol. The molecular weight excluding hydrogens is 270 g/mol. The first kappa shape index (κ1) is 15.7. The van der Waals surface area contributed by atoms with Crippen LogP contribution in [0.15, 0.2) is 18.2 Å². The molecule has 108 valence electrons. The molecule has 0 saturated heterocycles. The van der Waals surface area contributed by atoms with Crippen molar-refractivity contribution in [3.63, 3.8) is 0 Å². The molecule has 0 aliphatic heterocycles. The van der Waals surface area contributed by atoms with E-state index in [0.717, 1.165) is 0 Å². The molecule has 0 spiro atoms. The van der Waals surface area contributed by atoms with Crippen LogP contribution in [0.5, 0.6) is 11.5 Å². The van der Waals surface area contributed by atoms with Crippen molar-refractivity contribution >= 4 is 11.6 Å². The maximum absolute atomic E-state index is 12.3. The lowest BCUT2D eigenvalue weighted by molar-refractivity contribution is -0.117. The Balaban J connectivity index is 2.95. The lowest BCUT2D eigenvalue weighted by Crippen LogP contribution is -2.35. The number of anilines is 1. The smallest absolute Gasteiger partial charge is 0.387 e. The molecule has 0 bridgehead atoms. The number of hydrogen-bond donors (Lipinski definition) is 2. The van der Waals surface area contributed by atoms with Gasteiger partial charge in [0.1, 0.15) is 11.5 Å². The van der Waals surface area contributed by atoms with E-state index in [1.165, 1.54) is 25.3 Å². The van der Waals surface area contributed by atoms with Crippen molar-refractivity contribution in [2.24, 2.45) is 5.73 Å². The van der Waals surface area contributed by atoms with Crippen molar-refractivity contribution < 1.29 is 23.0 Å². The molecule has 3 N–H and O–H groups in total. The second-order valence-electron chi connectivity index (χ2n) is 3.74. The van der Waals surface area contributed by atoms with Crippen LogP contribution in [-0.4, -0.2) is 25.7 Å². The summed E-state index contributed by atoms with van der Waals surface area (Å²) >= 11 is 0. The number of carbonyl (C=O) groups is 1. The normalized spacial score (nSPS) is 11.6. The first-order valence-corrected chi connectivity index (χ1v) is 5.60. The summed E-state index contributed by atoms with van der Waals surface area (Å²) in [5.74, 6) is 1.82. The van der Waals surface area contributed by atoms with E-state index in [0.29, 0.717) is 5.75 Å². The first-order valence-electron chi connectivity index (χ1n) is 5.60. The molecule has 1 rings (SSSR count). The summed E-state index contributed by atoms with van der Waals surface area (Å²) in [5.41, 5.74) is 5.55. The average Bonchev–Trinajstić information content (AvgIpc) is 2.40. The first-order chi connectivity index (χ1) is 9.47. The number of ether oxygens (including phenoxy) is 2. The molecule has 1 atom stereocenters. The third kappa shape index (κ3) is 4.40. The number of halogens is 2.